The smallest absolute Gasteiger partial charge is 0.303 e. The molecule has 0 aliphatic heterocycles. The second-order valence-corrected chi connectivity index (χ2v) is 11.3. The van der Waals surface area contributed by atoms with Crippen LogP contribution in [0.15, 0.2) is 0 Å². The topological polar surface area (TPSA) is 54.4 Å². The molecule has 3 fully saturated rings. The third kappa shape index (κ3) is 3.92. The zero-order valence-corrected chi connectivity index (χ0v) is 18.8. The number of hydrogen-bond donors (Lipinski definition) is 1. The number of carboxylic acids is 1. The molecule has 0 bridgehead atoms. The molecular formula is C25H42O3. The third-order valence-electron chi connectivity index (χ3n) is 9.54. The van der Waals surface area contributed by atoms with Gasteiger partial charge in [0.15, 0.2) is 0 Å². The van der Waals surface area contributed by atoms with Crippen molar-refractivity contribution < 1.29 is 14.7 Å². The van der Waals surface area contributed by atoms with E-state index in [4.69, 9.17) is 5.11 Å². The fraction of sp³-hybridized carbons (Fsp3) is 0.920. The molecule has 3 aliphatic carbocycles. The van der Waals surface area contributed by atoms with E-state index in [0.29, 0.717) is 34.9 Å². The van der Waals surface area contributed by atoms with Crippen LogP contribution in [-0.2, 0) is 9.59 Å². The molecule has 0 aromatic carbocycles. The van der Waals surface area contributed by atoms with E-state index < -0.39 is 5.97 Å². The average molecular weight is 391 g/mol. The summed E-state index contributed by atoms with van der Waals surface area (Å²) in [5.74, 6) is 2.96. The van der Waals surface area contributed by atoms with Crippen molar-refractivity contribution in [3.8, 4) is 0 Å². The first-order valence-electron chi connectivity index (χ1n) is 11.8. The summed E-state index contributed by atoms with van der Waals surface area (Å²) >= 11 is 0. The highest BCUT2D eigenvalue weighted by molar-refractivity contribution is 5.83. The lowest BCUT2D eigenvalue weighted by Gasteiger charge is -2.59. The van der Waals surface area contributed by atoms with E-state index in [2.05, 4.69) is 34.6 Å². The van der Waals surface area contributed by atoms with Crippen LogP contribution in [0.5, 0.6) is 0 Å². The van der Waals surface area contributed by atoms with Gasteiger partial charge in [-0.15, -0.1) is 0 Å². The number of carbonyl (C=O) groups excluding carboxylic acids is 1. The maximum Gasteiger partial charge on any atom is 0.303 e. The van der Waals surface area contributed by atoms with Gasteiger partial charge in [0.1, 0.15) is 5.78 Å². The highest BCUT2D eigenvalue weighted by atomic mass is 16.4. The Labute approximate surface area is 172 Å². The van der Waals surface area contributed by atoms with Gasteiger partial charge in [-0.2, -0.15) is 0 Å². The van der Waals surface area contributed by atoms with Crippen molar-refractivity contribution in [2.75, 3.05) is 0 Å². The molecule has 3 aliphatic rings. The van der Waals surface area contributed by atoms with E-state index in [-0.39, 0.29) is 17.8 Å². The third-order valence-corrected chi connectivity index (χ3v) is 9.54. The fourth-order valence-electron chi connectivity index (χ4n) is 7.87. The van der Waals surface area contributed by atoms with Crippen molar-refractivity contribution in [3.63, 3.8) is 0 Å². The van der Waals surface area contributed by atoms with Gasteiger partial charge in [0, 0.05) is 18.8 Å². The number of aliphatic carboxylic acids is 1. The Morgan fingerprint density at radius 2 is 1.96 bits per heavy atom. The van der Waals surface area contributed by atoms with E-state index in [1.807, 2.05) is 0 Å². The summed E-state index contributed by atoms with van der Waals surface area (Å²) in [4.78, 5) is 24.3. The molecule has 0 aromatic heterocycles. The molecule has 3 saturated carbocycles. The van der Waals surface area contributed by atoms with Crippen LogP contribution in [0.25, 0.3) is 0 Å². The highest BCUT2D eigenvalue weighted by Crippen LogP contribution is 2.62. The molecule has 1 N–H and O–H groups in total. The maximum atomic E-state index is 13.2. The first-order valence-corrected chi connectivity index (χ1v) is 11.8. The summed E-state index contributed by atoms with van der Waals surface area (Å²) in [7, 11) is 0. The van der Waals surface area contributed by atoms with E-state index in [1.165, 1.54) is 32.1 Å². The van der Waals surface area contributed by atoms with Crippen LogP contribution in [-0.4, -0.2) is 16.9 Å². The van der Waals surface area contributed by atoms with Gasteiger partial charge in [0.2, 0.25) is 0 Å². The summed E-state index contributed by atoms with van der Waals surface area (Å²) in [6, 6.07) is 0. The van der Waals surface area contributed by atoms with Gasteiger partial charge in [-0.25, -0.2) is 0 Å². The predicted molar refractivity (Wildman–Crippen MR) is 113 cm³/mol. The maximum absolute atomic E-state index is 13.2. The van der Waals surface area contributed by atoms with Crippen LogP contribution in [0, 0.1) is 46.3 Å². The number of Topliss-reactive ketones (excluding diaryl/α,β-unsaturated/α-hetero) is 1. The Morgan fingerprint density at radius 1 is 1.25 bits per heavy atom. The monoisotopic (exact) mass is 390 g/mol. The first kappa shape index (κ1) is 21.8. The van der Waals surface area contributed by atoms with Crippen molar-refractivity contribution in [1.82, 2.24) is 0 Å². The minimum atomic E-state index is -0.691. The second kappa shape index (κ2) is 8.11. The molecule has 8 atom stereocenters. The Balaban J connectivity index is 1.77. The van der Waals surface area contributed by atoms with Gasteiger partial charge < -0.3 is 5.11 Å². The lowest BCUT2D eigenvalue weighted by Crippen LogP contribution is -2.54. The summed E-state index contributed by atoms with van der Waals surface area (Å²) in [5.41, 5.74) is 0.539. The van der Waals surface area contributed by atoms with Crippen molar-refractivity contribution in [1.29, 1.82) is 0 Å². The summed E-state index contributed by atoms with van der Waals surface area (Å²) in [6.07, 6.45) is 10.2. The van der Waals surface area contributed by atoms with Crippen LogP contribution in [0.3, 0.4) is 0 Å². The van der Waals surface area contributed by atoms with Crippen LogP contribution >= 0.6 is 0 Å². The molecule has 0 radical (unpaired) electrons. The van der Waals surface area contributed by atoms with E-state index in [1.54, 1.807) is 0 Å². The quantitative estimate of drug-likeness (QED) is 0.575. The standard InChI is InChI=1S/C25H42O3/c1-6-20(17(3)7-8-23(27)28)24(4)11-10-21-19(15-24)22(26)14-18-13-16(2)9-12-25(18,21)5/h16-21H,6-15H2,1-5H3,(H,27,28)/t16-,17?,18+,19-,20-,21?,24?,25?/m1/s1. The predicted octanol–water partition coefficient (Wildman–Crippen LogP) is 6.35. The minimum absolute atomic E-state index is 0.175. The zero-order valence-electron chi connectivity index (χ0n) is 18.8. The molecule has 3 heteroatoms. The van der Waals surface area contributed by atoms with Gasteiger partial charge >= 0.3 is 5.97 Å². The number of carbonyl (C=O) groups is 2. The molecule has 160 valence electrons. The highest BCUT2D eigenvalue weighted by Gasteiger charge is 2.57. The van der Waals surface area contributed by atoms with Crippen molar-refractivity contribution >= 4 is 11.8 Å². The van der Waals surface area contributed by atoms with Gasteiger partial charge in [0.25, 0.3) is 0 Å². The first-order chi connectivity index (χ1) is 13.1. The number of carboxylic acid groups (broad SMARTS) is 1. The lowest BCUT2D eigenvalue weighted by atomic mass is 9.45. The molecule has 0 amide bonds. The Bertz CT molecular complexity index is 599. The van der Waals surface area contributed by atoms with Gasteiger partial charge in [-0.1, -0.05) is 47.5 Å². The minimum Gasteiger partial charge on any atom is -0.481 e. The summed E-state index contributed by atoms with van der Waals surface area (Å²) in [6.45, 7) is 11.7. The molecule has 3 nitrogen and oxygen atoms in total. The van der Waals surface area contributed by atoms with Crippen molar-refractivity contribution in [3.05, 3.63) is 0 Å². The van der Waals surface area contributed by atoms with Crippen LogP contribution < -0.4 is 0 Å². The van der Waals surface area contributed by atoms with Crippen molar-refractivity contribution in [2.24, 2.45) is 46.3 Å². The fourth-order valence-corrected chi connectivity index (χ4v) is 7.87. The molecule has 28 heavy (non-hydrogen) atoms. The number of rotatable bonds is 6. The molecule has 4 unspecified atom stereocenters. The van der Waals surface area contributed by atoms with E-state index >= 15 is 0 Å². The second-order valence-electron chi connectivity index (χ2n) is 11.3. The molecular weight excluding hydrogens is 348 g/mol. The average Bonchev–Trinajstić information content (AvgIpc) is 2.62. The van der Waals surface area contributed by atoms with Crippen LogP contribution in [0.2, 0.25) is 0 Å². The number of fused-ring (bicyclic) bond motifs is 3. The zero-order chi connectivity index (χ0) is 20.7. The molecule has 0 saturated heterocycles. The molecule has 0 heterocycles. The number of hydrogen-bond acceptors (Lipinski definition) is 2. The Morgan fingerprint density at radius 3 is 2.61 bits per heavy atom. The molecule has 3 rings (SSSR count). The number of ketones is 1. The van der Waals surface area contributed by atoms with E-state index in [0.717, 1.165) is 31.6 Å². The Hall–Kier alpha value is -0.860. The van der Waals surface area contributed by atoms with Crippen LogP contribution in [0.1, 0.15) is 98.8 Å². The van der Waals surface area contributed by atoms with Crippen LogP contribution in [0.4, 0.5) is 0 Å². The van der Waals surface area contributed by atoms with Gasteiger partial charge in [-0.3, -0.25) is 9.59 Å². The summed E-state index contributed by atoms with van der Waals surface area (Å²) in [5, 5.41) is 9.09. The lowest BCUT2D eigenvalue weighted by molar-refractivity contribution is -0.151. The van der Waals surface area contributed by atoms with Crippen molar-refractivity contribution in [2.45, 2.75) is 98.8 Å². The summed E-state index contributed by atoms with van der Waals surface area (Å²) < 4.78 is 0. The largest absolute Gasteiger partial charge is 0.481 e. The SMILES string of the molecule is CC[C@H](C(C)CCC(=O)O)C1(C)CCC2[C@@H](C1)C(=O)C[C@@H]1C[C@H](C)CCC21C. The normalized spacial score (nSPS) is 43.0. The van der Waals surface area contributed by atoms with Gasteiger partial charge in [-0.05, 0) is 78.9 Å². The molecule has 0 spiro atoms. The van der Waals surface area contributed by atoms with E-state index in [9.17, 15) is 9.59 Å². The molecule has 0 aromatic rings. The van der Waals surface area contributed by atoms with Gasteiger partial charge in [0.05, 0.1) is 0 Å². The Kier molecular flexibility index (Phi) is 6.32.